The van der Waals surface area contributed by atoms with Gasteiger partial charge in [0.1, 0.15) is 0 Å². The van der Waals surface area contributed by atoms with Crippen molar-refractivity contribution in [3.8, 4) is 0 Å². The van der Waals surface area contributed by atoms with Gasteiger partial charge in [0.05, 0.1) is 23.7 Å². The number of nitrogens with zero attached hydrogens (tertiary/aromatic N) is 4. The molecular formula is C26H28N4O. The summed E-state index contributed by atoms with van der Waals surface area (Å²) in [7, 11) is 1.85. The molecule has 4 aromatic rings. The van der Waals surface area contributed by atoms with Crippen LogP contribution in [0.3, 0.4) is 0 Å². The SMILES string of the molecule is Cn1c(=O)n(CN2CCN(C(c3ccccc3)c3ccccc3)CC2)c2ccccc21. The molecular weight excluding hydrogens is 384 g/mol. The highest BCUT2D eigenvalue weighted by Crippen LogP contribution is 2.29. The predicted octanol–water partition coefficient (Wildman–Crippen LogP) is 3.70. The molecule has 5 heteroatoms. The van der Waals surface area contributed by atoms with Gasteiger partial charge in [0.15, 0.2) is 0 Å². The van der Waals surface area contributed by atoms with E-state index in [2.05, 4.69) is 70.5 Å². The first-order valence-electron chi connectivity index (χ1n) is 10.9. The maximum absolute atomic E-state index is 12.8. The number of rotatable bonds is 5. The molecule has 0 spiro atoms. The molecule has 0 aliphatic carbocycles. The maximum Gasteiger partial charge on any atom is 0.329 e. The van der Waals surface area contributed by atoms with E-state index in [0.29, 0.717) is 6.67 Å². The van der Waals surface area contributed by atoms with Gasteiger partial charge in [0, 0.05) is 33.2 Å². The van der Waals surface area contributed by atoms with Gasteiger partial charge in [-0.3, -0.25) is 18.9 Å². The Morgan fingerprint density at radius 1 is 0.710 bits per heavy atom. The second kappa shape index (κ2) is 8.53. The van der Waals surface area contributed by atoms with Crippen LogP contribution in [-0.2, 0) is 13.7 Å². The standard InChI is InChI=1S/C26H28N4O/c1-27-23-14-8-9-15-24(23)30(26(27)31)20-28-16-18-29(19-17-28)25(21-10-4-2-5-11-21)22-12-6-3-7-13-22/h2-15,25H,16-20H2,1H3. The van der Waals surface area contributed by atoms with E-state index >= 15 is 0 Å². The van der Waals surface area contributed by atoms with Crippen LogP contribution in [0.2, 0.25) is 0 Å². The van der Waals surface area contributed by atoms with Crippen LogP contribution in [0.25, 0.3) is 11.0 Å². The number of fused-ring (bicyclic) bond motifs is 1. The lowest BCUT2D eigenvalue weighted by molar-refractivity contribution is 0.0885. The third-order valence-electron chi connectivity index (χ3n) is 6.40. The molecule has 3 aromatic carbocycles. The third kappa shape index (κ3) is 3.82. The fourth-order valence-electron chi connectivity index (χ4n) is 4.75. The van der Waals surface area contributed by atoms with Crippen LogP contribution >= 0.6 is 0 Å². The summed E-state index contributed by atoms with van der Waals surface area (Å²) in [5.74, 6) is 0. The monoisotopic (exact) mass is 412 g/mol. The zero-order valence-electron chi connectivity index (χ0n) is 17.9. The third-order valence-corrected chi connectivity index (χ3v) is 6.40. The van der Waals surface area contributed by atoms with Crippen LogP contribution in [0.5, 0.6) is 0 Å². The van der Waals surface area contributed by atoms with E-state index in [1.807, 2.05) is 35.9 Å². The molecule has 2 heterocycles. The molecule has 0 unspecified atom stereocenters. The number of imidazole rings is 1. The van der Waals surface area contributed by atoms with Gasteiger partial charge < -0.3 is 0 Å². The summed E-state index contributed by atoms with van der Waals surface area (Å²) in [6.07, 6.45) is 0. The zero-order chi connectivity index (χ0) is 21.2. The Morgan fingerprint density at radius 3 is 1.81 bits per heavy atom. The fourth-order valence-corrected chi connectivity index (χ4v) is 4.75. The normalized spacial score (nSPS) is 15.7. The molecule has 0 N–H and O–H groups in total. The van der Waals surface area contributed by atoms with E-state index in [0.717, 1.165) is 37.2 Å². The minimum absolute atomic E-state index is 0.0510. The van der Waals surface area contributed by atoms with E-state index in [-0.39, 0.29) is 11.7 Å². The van der Waals surface area contributed by atoms with Gasteiger partial charge in [-0.25, -0.2) is 4.79 Å². The molecule has 0 saturated carbocycles. The van der Waals surface area contributed by atoms with Crippen LogP contribution in [0.4, 0.5) is 0 Å². The average Bonchev–Trinajstić information content (AvgIpc) is 3.07. The Kier molecular flexibility index (Phi) is 5.45. The van der Waals surface area contributed by atoms with E-state index < -0.39 is 0 Å². The number of aryl methyl sites for hydroxylation is 1. The molecule has 158 valence electrons. The topological polar surface area (TPSA) is 33.4 Å². The average molecular weight is 413 g/mol. The van der Waals surface area contributed by atoms with Crippen molar-refractivity contribution in [2.24, 2.45) is 7.05 Å². The van der Waals surface area contributed by atoms with E-state index in [1.165, 1.54) is 11.1 Å². The lowest BCUT2D eigenvalue weighted by atomic mass is 9.96. The van der Waals surface area contributed by atoms with Crippen molar-refractivity contribution in [1.29, 1.82) is 0 Å². The number of benzene rings is 3. The van der Waals surface area contributed by atoms with Gasteiger partial charge in [0.25, 0.3) is 0 Å². The second-order valence-corrected chi connectivity index (χ2v) is 8.28. The molecule has 1 saturated heterocycles. The predicted molar refractivity (Wildman–Crippen MR) is 125 cm³/mol. The molecule has 0 radical (unpaired) electrons. The van der Waals surface area contributed by atoms with Gasteiger partial charge in [-0.15, -0.1) is 0 Å². The molecule has 0 amide bonds. The van der Waals surface area contributed by atoms with Crippen LogP contribution in [0, 0.1) is 0 Å². The molecule has 5 nitrogen and oxygen atoms in total. The van der Waals surface area contributed by atoms with Gasteiger partial charge in [-0.1, -0.05) is 72.8 Å². The molecule has 1 aliphatic rings. The van der Waals surface area contributed by atoms with E-state index in [4.69, 9.17) is 0 Å². The quantitative estimate of drug-likeness (QED) is 0.501. The first-order chi connectivity index (χ1) is 15.2. The Hall–Kier alpha value is -3.15. The number of aromatic nitrogens is 2. The highest BCUT2D eigenvalue weighted by Gasteiger charge is 2.27. The van der Waals surface area contributed by atoms with Crippen LogP contribution in [-0.4, -0.2) is 45.1 Å². The Balaban J connectivity index is 1.35. The summed E-state index contributed by atoms with van der Waals surface area (Å²) < 4.78 is 3.64. The van der Waals surface area contributed by atoms with Crippen LogP contribution < -0.4 is 5.69 Å². The zero-order valence-corrected chi connectivity index (χ0v) is 17.9. The van der Waals surface area contributed by atoms with Crippen molar-refractivity contribution >= 4 is 11.0 Å². The highest BCUT2D eigenvalue weighted by molar-refractivity contribution is 5.75. The summed E-state index contributed by atoms with van der Waals surface area (Å²) >= 11 is 0. The fraction of sp³-hybridized carbons (Fsp3) is 0.269. The molecule has 0 atom stereocenters. The van der Waals surface area contributed by atoms with Crippen LogP contribution in [0.1, 0.15) is 17.2 Å². The van der Waals surface area contributed by atoms with Crippen molar-refractivity contribution in [2.75, 3.05) is 26.2 Å². The summed E-state index contributed by atoms with van der Waals surface area (Å²) in [5, 5.41) is 0. The van der Waals surface area contributed by atoms with Gasteiger partial charge in [0.2, 0.25) is 0 Å². The summed E-state index contributed by atoms with van der Waals surface area (Å²) in [6, 6.07) is 29.8. The molecule has 5 rings (SSSR count). The minimum atomic E-state index is 0.0510. The van der Waals surface area contributed by atoms with Crippen molar-refractivity contribution in [1.82, 2.24) is 18.9 Å². The van der Waals surface area contributed by atoms with Gasteiger partial charge in [-0.2, -0.15) is 0 Å². The molecule has 1 aromatic heterocycles. The Labute approximate surface area is 182 Å². The van der Waals surface area contributed by atoms with Crippen molar-refractivity contribution in [2.45, 2.75) is 12.7 Å². The lowest BCUT2D eigenvalue weighted by Crippen LogP contribution is -2.48. The number of piperazine rings is 1. The molecule has 1 aliphatic heterocycles. The number of hydrogen-bond acceptors (Lipinski definition) is 3. The van der Waals surface area contributed by atoms with E-state index in [9.17, 15) is 4.79 Å². The summed E-state index contributed by atoms with van der Waals surface area (Å²) in [5.41, 5.74) is 4.69. The lowest BCUT2D eigenvalue weighted by Gasteiger charge is -2.39. The molecule has 0 bridgehead atoms. The summed E-state index contributed by atoms with van der Waals surface area (Å²) in [4.78, 5) is 17.7. The maximum atomic E-state index is 12.8. The first-order valence-corrected chi connectivity index (χ1v) is 10.9. The van der Waals surface area contributed by atoms with Crippen LogP contribution in [0.15, 0.2) is 89.7 Å². The minimum Gasteiger partial charge on any atom is -0.295 e. The second-order valence-electron chi connectivity index (χ2n) is 8.28. The van der Waals surface area contributed by atoms with Crippen molar-refractivity contribution in [3.05, 3.63) is 107 Å². The molecule has 1 fully saturated rings. The first kappa shape index (κ1) is 19.8. The smallest absolute Gasteiger partial charge is 0.295 e. The Bertz CT molecular complexity index is 1170. The Morgan fingerprint density at radius 2 is 1.23 bits per heavy atom. The van der Waals surface area contributed by atoms with Gasteiger partial charge >= 0.3 is 5.69 Å². The summed E-state index contributed by atoms with van der Waals surface area (Å²) in [6.45, 7) is 4.44. The van der Waals surface area contributed by atoms with E-state index in [1.54, 1.807) is 4.57 Å². The number of hydrogen-bond donors (Lipinski definition) is 0. The highest BCUT2D eigenvalue weighted by atomic mass is 16.1. The van der Waals surface area contributed by atoms with Crippen molar-refractivity contribution < 1.29 is 0 Å². The van der Waals surface area contributed by atoms with Gasteiger partial charge in [-0.05, 0) is 23.3 Å². The number of para-hydroxylation sites is 2. The largest absolute Gasteiger partial charge is 0.329 e. The molecule has 31 heavy (non-hydrogen) atoms. The van der Waals surface area contributed by atoms with Crippen molar-refractivity contribution in [3.63, 3.8) is 0 Å².